The van der Waals surface area contributed by atoms with Gasteiger partial charge in [-0.15, -0.1) is 0 Å². The van der Waals surface area contributed by atoms with E-state index in [9.17, 15) is 0 Å². The van der Waals surface area contributed by atoms with Crippen molar-refractivity contribution in [3.8, 4) is 0 Å². The molecule has 3 unspecified atom stereocenters. The zero-order valence-corrected chi connectivity index (χ0v) is 10.2. The van der Waals surface area contributed by atoms with E-state index in [1.54, 1.807) is 1.78 Å². The first kappa shape index (κ1) is 17.0. The van der Waals surface area contributed by atoms with Crippen LogP contribution in [-0.4, -0.2) is 0 Å². The van der Waals surface area contributed by atoms with Gasteiger partial charge in [0.05, 0.1) is 0 Å². The summed E-state index contributed by atoms with van der Waals surface area (Å²) in [5, 5.41) is 0. The van der Waals surface area contributed by atoms with E-state index in [1.165, 1.54) is 19.3 Å². The van der Waals surface area contributed by atoms with Crippen LogP contribution in [0.1, 0.15) is 48.0 Å². The van der Waals surface area contributed by atoms with Crippen molar-refractivity contribution in [1.82, 2.24) is 0 Å². The molecule has 0 N–H and O–H groups in total. The van der Waals surface area contributed by atoms with Crippen molar-refractivity contribution in [3.63, 3.8) is 0 Å². The molecule has 86 valence electrons. The summed E-state index contributed by atoms with van der Waals surface area (Å²) in [7, 11) is 0. The van der Waals surface area contributed by atoms with Crippen molar-refractivity contribution in [2.45, 2.75) is 51.1 Å². The molecule has 0 aromatic carbocycles. The van der Waals surface area contributed by atoms with Gasteiger partial charge in [0.25, 0.3) is 0 Å². The van der Waals surface area contributed by atoms with E-state index in [-0.39, 0.29) is 14.9 Å². The van der Waals surface area contributed by atoms with Crippen LogP contribution < -0.4 is 0 Å². The minimum absolute atomic E-state index is 0. The van der Waals surface area contributed by atoms with Crippen LogP contribution in [0, 0.1) is 53.7 Å². The Hall–Kier alpha value is 1.57. The Morgan fingerprint density at radius 3 is 2.08 bits per heavy atom. The molecule has 1 aliphatic heterocycles. The molecule has 0 saturated carbocycles. The molecule has 1 fully saturated rings. The molecule has 1 heteroatoms. The van der Waals surface area contributed by atoms with Gasteiger partial charge in [-0.1, -0.05) is 14.9 Å². The van der Waals surface area contributed by atoms with Crippen LogP contribution >= 0.6 is 0 Å². The van der Waals surface area contributed by atoms with Crippen molar-refractivity contribution in [2.75, 3.05) is 0 Å². The van der Waals surface area contributed by atoms with E-state index < -0.39 is 41.8 Å². The van der Waals surface area contributed by atoms with Crippen LogP contribution in [0.5, 0.6) is 0 Å². The van der Waals surface area contributed by atoms with Crippen molar-refractivity contribution in [2.24, 2.45) is 11.8 Å². The molecule has 1 aliphatic rings. The Morgan fingerprint density at radius 2 is 1.46 bits per heavy atom. The molecule has 1 rings (SSSR count). The summed E-state index contributed by atoms with van der Waals surface area (Å²) in [6.45, 7) is 4.88. The second-order valence-corrected chi connectivity index (χ2v) is 10.2. The Balaban J connectivity index is 0. The fraction of sp³-hybridized carbons (Fsp3) is 1.00. The van der Waals surface area contributed by atoms with E-state index in [0.29, 0.717) is 0 Å². The second-order valence-electron chi connectivity index (χ2n) is 4.14. The molecule has 1 heterocycles. The second kappa shape index (κ2) is 8.85. The maximum absolute atomic E-state index is 2.57. The van der Waals surface area contributed by atoms with Gasteiger partial charge in [-0.3, -0.25) is 0 Å². The quantitative estimate of drug-likeness (QED) is 0.594. The molecule has 0 aliphatic carbocycles. The van der Waals surface area contributed by atoms with E-state index in [4.69, 9.17) is 0 Å². The summed E-state index contributed by atoms with van der Waals surface area (Å²) < 4.78 is 5.81. The van der Waals surface area contributed by atoms with E-state index in [1.807, 2.05) is 0 Å². The van der Waals surface area contributed by atoms with Crippen molar-refractivity contribution < 1.29 is 41.8 Å². The van der Waals surface area contributed by atoms with Crippen LogP contribution in [0.15, 0.2) is 0 Å². The zero-order valence-electron chi connectivity index (χ0n) is 8.07. The van der Waals surface area contributed by atoms with Gasteiger partial charge >= 0.3 is 90.0 Å². The van der Waals surface area contributed by atoms with Gasteiger partial charge in [-0.05, 0) is 0 Å². The molecular weight excluding hydrogens is 275 g/mol. The zero-order chi connectivity index (χ0) is 8.27. The third kappa shape index (κ3) is 7.49. The maximum atomic E-state index is 2.57. The standard InChI is InChI=1S/C10H22Xe.2CH4/c1-9-4-5-10(2)8-11(3)7-6-9;;/h9-11H,4-8H2,1-3H3;2*1H4. The Labute approximate surface area is 103 Å². The molecule has 0 nitrogen and oxygen atoms in total. The third-order valence-corrected chi connectivity index (χ3v) is 8.08. The molecule has 0 aromatic rings. The number of hydrogen-bond acceptors (Lipinski definition) is 0. The third-order valence-electron chi connectivity index (χ3n) is 2.60. The van der Waals surface area contributed by atoms with Gasteiger partial charge < -0.3 is 0 Å². The normalized spacial score (nSPS) is 37.6. The first-order valence-corrected chi connectivity index (χ1v) is 9.91. The van der Waals surface area contributed by atoms with Crippen molar-refractivity contribution in [1.29, 1.82) is 0 Å². The van der Waals surface area contributed by atoms with Crippen LogP contribution in [0.4, 0.5) is 0 Å². The summed E-state index contributed by atoms with van der Waals surface area (Å²) in [6, 6.07) is 0. The first-order valence-electron chi connectivity index (χ1n) is 4.70. The van der Waals surface area contributed by atoms with Crippen LogP contribution in [0.3, 0.4) is 0 Å². The van der Waals surface area contributed by atoms with Gasteiger partial charge in [-0.2, -0.15) is 0 Å². The van der Waals surface area contributed by atoms with E-state index >= 15 is 0 Å². The first-order chi connectivity index (χ1) is 5.18. The molecule has 3 atom stereocenters. The topological polar surface area (TPSA) is 0 Å². The summed E-state index contributed by atoms with van der Waals surface area (Å²) in [6.07, 6.45) is 4.53. The molecule has 13 heavy (non-hydrogen) atoms. The molecule has 0 aromatic heterocycles. The summed E-state index contributed by atoms with van der Waals surface area (Å²) in [5.41, 5.74) is 0. The average Bonchev–Trinajstić information content (AvgIpc) is 1.95. The summed E-state index contributed by atoms with van der Waals surface area (Å²) in [4.78, 5) is 0. The number of rotatable bonds is 0. The van der Waals surface area contributed by atoms with Gasteiger partial charge in [0, 0.05) is 0 Å². The fourth-order valence-corrected chi connectivity index (χ4v) is 7.26. The van der Waals surface area contributed by atoms with Crippen molar-refractivity contribution in [3.05, 3.63) is 0 Å². The van der Waals surface area contributed by atoms with Crippen molar-refractivity contribution >= 4 is 0 Å². The fourth-order valence-electron chi connectivity index (χ4n) is 1.69. The van der Waals surface area contributed by atoms with Crippen LogP contribution in [-0.2, 0) is 0 Å². The van der Waals surface area contributed by atoms with E-state index in [2.05, 4.69) is 15.2 Å². The van der Waals surface area contributed by atoms with Crippen LogP contribution in [0.2, 0.25) is 3.17 Å². The minimum atomic E-state index is -0.424. The predicted octanol–water partition coefficient (Wildman–Crippen LogP) is 4.95. The predicted molar refractivity (Wildman–Crippen MR) is 62.5 cm³/mol. The number of hydrogen-bond donors (Lipinski definition) is 0. The molecule has 0 spiro atoms. The van der Waals surface area contributed by atoms with Gasteiger partial charge in [0.15, 0.2) is 0 Å². The van der Waals surface area contributed by atoms with Crippen LogP contribution in [0.25, 0.3) is 0 Å². The Kier molecular flexibility index (Phi) is 11.6. The molecule has 0 radical (unpaired) electrons. The monoisotopic (exact) mass is 306 g/mol. The Morgan fingerprint density at radius 1 is 0.923 bits per heavy atom. The SMILES string of the molecule is C.C.CC1CCC(C)C[XeH](C)CC1. The molecular formula is C12H30Xe. The molecule has 0 amide bonds. The Bertz CT molecular complexity index is 99.7. The van der Waals surface area contributed by atoms with E-state index in [0.717, 1.165) is 11.8 Å². The summed E-state index contributed by atoms with van der Waals surface area (Å²) >= 11 is -0.424. The van der Waals surface area contributed by atoms with Gasteiger partial charge in [-0.25, -0.2) is 0 Å². The molecule has 1 saturated heterocycles. The average molecular weight is 306 g/mol. The van der Waals surface area contributed by atoms with Gasteiger partial charge in [0.2, 0.25) is 0 Å². The van der Waals surface area contributed by atoms with Gasteiger partial charge in [0.1, 0.15) is 0 Å². The summed E-state index contributed by atoms with van der Waals surface area (Å²) in [5.74, 6) is 2.07. The molecule has 0 bridgehead atoms.